The zero-order valence-electron chi connectivity index (χ0n) is 13.2. The SMILES string of the molecule is CC(C)(C)CNCc1ccc(CN2CC(=O)NS2(=O)=O)cc1. The molecule has 122 valence electrons. The zero-order valence-corrected chi connectivity index (χ0v) is 14.0. The van der Waals surface area contributed by atoms with Gasteiger partial charge in [-0.05, 0) is 16.5 Å². The van der Waals surface area contributed by atoms with Crippen molar-refractivity contribution in [1.29, 1.82) is 0 Å². The molecule has 0 radical (unpaired) electrons. The Balaban J connectivity index is 1.91. The zero-order chi connectivity index (χ0) is 16.4. The Morgan fingerprint density at radius 1 is 1.18 bits per heavy atom. The first kappa shape index (κ1) is 16.9. The average molecular weight is 325 g/mol. The molecule has 0 saturated carbocycles. The van der Waals surface area contributed by atoms with Gasteiger partial charge in [0.15, 0.2) is 0 Å². The number of nitrogens with one attached hydrogen (secondary N) is 2. The summed E-state index contributed by atoms with van der Waals surface area (Å²) in [6.45, 7) is 8.32. The Bertz CT molecular complexity index is 633. The van der Waals surface area contributed by atoms with Crippen LogP contribution in [0.4, 0.5) is 0 Å². The fourth-order valence-electron chi connectivity index (χ4n) is 2.17. The van der Waals surface area contributed by atoms with Gasteiger partial charge in [-0.3, -0.25) is 4.79 Å². The lowest BCUT2D eigenvalue weighted by atomic mass is 9.97. The van der Waals surface area contributed by atoms with Crippen LogP contribution in [0, 0.1) is 5.41 Å². The molecule has 22 heavy (non-hydrogen) atoms. The molecule has 1 fully saturated rings. The third-order valence-corrected chi connectivity index (χ3v) is 4.69. The highest BCUT2D eigenvalue weighted by Crippen LogP contribution is 2.14. The van der Waals surface area contributed by atoms with Gasteiger partial charge in [-0.15, -0.1) is 0 Å². The van der Waals surface area contributed by atoms with Gasteiger partial charge < -0.3 is 5.32 Å². The molecule has 0 aromatic heterocycles. The van der Waals surface area contributed by atoms with E-state index in [0.717, 1.165) is 28.5 Å². The summed E-state index contributed by atoms with van der Waals surface area (Å²) in [6.07, 6.45) is 0. The Labute approximate surface area is 132 Å². The van der Waals surface area contributed by atoms with Crippen molar-refractivity contribution in [3.05, 3.63) is 35.4 Å². The largest absolute Gasteiger partial charge is 0.312 e. The maximum absolute atomic E-state index is 11.7. The Kier molecular flexibility index (Phi) is 4.89. The molecule has 0 aliphatic carbocycles. The van der Waals surface area contributed by atoms with Gasteiger partial charge in [0.2, 0.25) is 5.91 Å². The maximum atomic E-state index is 11.7. The lowest BCUT2D eigenvalue weighted by Crippen LogP contribution is -2.29. The summed E-state index contributed by atoms with van der Waals surface area (Å²) >= 11 is 0. The molecule has 2 N–H and O–H groups in total. The fraction of sp³-hybridized carbons (Fsp3) is 0.533. The van der Waals surface area contributed by atoms with Crippen LogP contribution in [0.5, 0.6) is 0 Å². The molecular weight excluding hydrogens is 302 g/mol. The van der Waals surface area contributed by atoms with Crippen molar-refractivity contribution in [3.63, 3.8) is 0 Å². The highest BCUT2D eigenvalue weighted by atomic mass is 32.2. The monoisotopic (exact) mass is 325 g/mol. The molecule has 2 rings (SSSR count). The number of carbonyl (C=O) groups is 1. The summed E-state index contributed by atoms with van der Waals surface area (Å²) in [4.78, 5) is 11.2. The summed E-state index contributed by atoms with van der Waals surface area (Å²) in [5.41, 5.74) is 2.25. The van der Waals surface area contributed by atoms with Crippen molar-refractivity contribution >= 4 is 16.1 Å². The lowest BCUT2D eigenvalue weighted by Gasteiger charge is -2.19. The van der Waals surface area contributed by atoms with Crippen molar-refractivity contribution < 1.29 is 13.2 Å². The van der Waals surface area contributed by atoms with Gasteiger partial charge in [0.1, 0.15) is 0 Å². The molecule has 0 spiro atoms. The highest BCUT2D eigenvalue weighted by Gasteiger charge is 2.33. The van der Waals surface area contributed by atoms with Gasteiger partial charge in [0, 0.05) is 19.6 Å². The van der Waals surface area contributed by atoms with Crippen LogP contribution in [0.1, 0.15) is 31.9 Å². The summed E-state index contributed by atoms with van der Waals surface area (Å²) in [7, 11) is -3.65. The van der Waals surface area contributed by atoms with E-state index in [4.69, 9.17) is 0 Å². The second-order valence-corrected chi connectivity index (χ2v) is 8.45. The molecule has 7 heteroatoms. The second kappa shape index (κ2) is 6.36. The van der Waals surface area contributed by atoms with Gasteiger partial charge in [-0.2, -0.15) is 12.7 Å². The van der Waals surface area contributed by atoms with E-state index < -0.39 is 16.1 Å². The van der Waals surface area contributed by atoms with E-state index in [1.165, 1.54) is 0 Å². The highest BCUT2D eigenvalue weighted by molar-refractivity contribution is 7.88. The normalized spacial score (nSPS) is 18.4. The van der Waals surface area contributed by atoms with E-state index in [2.05, 4.69) is 26.1 Å². The molecule has 1 amide bonds. The maximum Gasteiger partial charge on any atom is 0.304 e. The molecule has 1 aliphatic rings. The van der Waals surface area contributed by atoms with Crippen molar-refractivity contribution in [2.24, 2.45) is 5.41 Å². The summed E-state index contributed by atoms with van der Waals surface area (Å²) in [5, 5.41) is 3.39. The smallest absolute Gasteiger partial charge is 0.304 e. The van der Waals surface area contributed by atoms with Crippen molar-refractivity contribution in [2.75, 3.05) is 13.1 Å². The molecule has 1 aromatic rings. The van der Waals surface area contributed by atoms with Crippen molar-refractivity contribution in [3.8, 4) is 0 Å². The first-order valence-corrected chi connectivity index (χ1v) is 8.69. The van der Waals surface area contributed by atoms with Crippen LogP contribution in [0.3, 0.4) is 0 Å². The molecule has 1 saturated heterocycles. The quantitative estimate of drug-likeness (QED) is 0.846. The van der Waals surface area contributed by atoms with Crippen LogP contribution in [0.25, 0.3) is 0 Å². The molecule has 1 heterocycles. The first-order valence-electron chi connectivity index (χ1n) is 7.25. The van der Waals surface area contributed by atoms with Gasteiger partial charge >= 0.3 is 10.2 Å². The molecule has 0 atom stereocenters. The van der Waals surface area contributed by atoms with E-state index in [1.54, 1.807) is 0 Å². The third-order valence-electron chi connectivity index (χ3n) is 3.27. The Morgan fingerprint density at radius 3 is 2.27 bits per heavy atom. The summed E-state index contributed by atoms with van der Waals surface area (Å²) in [6, 6.07) is 7.74. The van der Waals surface area contributed by atoms with Crippen LogP contribution in [-0.4, -0.2) is 31.7 Å². The molecular formula is C15H23N3O3S. The van der Waals surface area contributed by atoms with E-state index in [-0.39, 0.29) is 18.5 Å². The number of carbonyl (C=O) groups excluding carboxylic acids is 1. The minimum Gasteiger partial charge on any atom is -0.312 e. The molecule has 0 unspecified atom stereocenters. The number of hydrogen-bond acceptors (Lipinski definition) is 4. The standard InChI is InChI=1S/C15H23N3O3S/c1-15(2,3)11-16-8-12-4-6-13(7-5-12)9-18-10-14(19)17-22(18,20)21/h4-7,16H,8-11H2,1-3H3,(H,17,19). The van der Waals surface area contributed by atoms with Gasteiger partial charge in [0.05, 0.1) is 6.54 Å². The van der Waals surface area contributed by atoms with Gasteiger partial charge in [0.25, 0.3) is 0 Å². The fourth-order valence-corrected chi connectivity index (χ4v) is 3.26. The van der Waals surface area contributed by atoms with Crippen molar-refractivity contribution in [2.45, 2.75) is 33.9 Å². The topological polar surface area (TPSA) is 78.5 Å². The lowest BCUT2D eigenvalue weighted by molar-refractivity contribution is -0.118. The van der Waals surface area contributed by atoms with Crippen LogP contribution >= 0.6 is 0 Å². The minimum atomic E-state index is -3.65. The van der Waals surface area contributed by atoms with Crippen LogP contribution in [0.2, 0.25) is 0 Å². The van der Waals surface area contributed by atoms with E-state index in [1.807, 2.05) is 29.0 Å². The predicted octanol–water partition coefficient (Wildman–Crippen LogP) is 0.999. The Hall–Kier alpha value is -1.44. The van der Waals surface area contributed by atoms with E-state index >= 15 is 0 Å². The van der Waals surface area contributed by atoms with Gasteiger partial charge in [-0.25, -0.2) is 4.72 Å². The number of nitrogens with zero attached hydrogens (tertiary/aromatic N) is 1. The molecule has 0 bridgehead atoms. The van der Waals surface area contributed by atoms with Crippen LogP contribution < -0.4 is 10.0 Å². The molecule has 1 aliphatic heterocycles. The number of hydrogen-bond donors (Lipinski definition) is 2. The van der Waals surface area contributed by atoms with Crippen LogP contribution in [-0.2, 0) is 28.1 Å². The molecule has 1 aromatic carbocycles. The van der Waals surface area contributed by atoms with Crippen molar-refractivity contribution in [1.82, 2.24) is 14.3 Å². The summed E-state index contributed by atoms with van der Waals surface area (Å²) in [5.74, 6) is -0.483. The third kappa shape index (κ3) is 4.79. The van der Waals surface area contributed by atoms with Gasteiger partial charge in [-0.1, -0.05) is 45.0 Å². The number of rotatable bonds is 5. The first-order chi connectivity index (χ1) is 10.2. The van der Waals surface area contributed by atoms with E-state index in [0.29, 0.717) is 0 Å². The second-order valence-electron chi connectivity index (χ2n) is 6.78. The van der Waals surface area contributed by atoms with Crippen LogP contribution in [0.15, 0.2) is 24.3 Å². The summed E-state index contributed by atoms with van der Waals surface area (Å²) < 4.78 is 26.4. The predicted molar refractivity (Wildman–Crippen MR) is 85.1 cm³/mol. The molecule has 6 nitrogen and oxygen atoms in total. The number of amides is 1. The van der Waals surface area contributed by atoms with E-state index in [9.17, 15) is 13.2 Å². The Morgan fingerprint density at radius 2 is 1.77 bits per heavy atom. The number of benzene rings is 1. The minimum absolute atomic E-state index is 0.114. The average Bonchev–Trinajstić information content (AvgIpc) is 2.63.